The molecule has 2 saturated heterocycles. The van der Waals surface area contributed by atoms with Crippen molar-refractivity contribution in [2.24, 2.45) is 0 Å². The molecule has 2 heterocycles. The van der Waals surface area contributed by atoms with Crippen LogP contribution in [0, 0.1) is 0 Å². The highest BCUT2D eigenvalue weighted by atomic mass is 16.2. The lowest BCUT2D eigenvalue weighted by Crippen LogP contribution is -2.59. The second kappa shape index (κ2) is 8.95. The Morgan fingerprint density at radius 2 is 1.86 bits per heavy atom. The number of nitrogens with zero attached hydrogens (tertiary/aromatic N) is 1. The van der Waals surface area contributed by atoms with E-state index in [0.29, 0.717) is 13.0 Å². The minimum absolute atomic E-state index is 0.0000995. The first-order valence-corrected chi connectivity index (χ1v) is 10.5. The quantitative estimate of drug-likeness (QED) is 0.675. The van der Waals surface area contributed by atoms with Gasteiger partial charge in [0.2, 0.25) is 17.7 Å². The highest BCUT2D eigenvalue weighted by molar-refractivity contribution is 5.95. The second-order valence-electron chi connectivity index (χ2n) is 8.56. The maximum atomic E-state index is 12.9. The number of hydrogen-bond acceptors (Lipinski definition) is 4. The van der Waals surface area contributed by atoms with Gasteiger partial charge in [-0.15, -0.1) is 0 Å². The van der Waals surface area contributed by atoms with Crippen molar-refractivity contribution in [2.45, 2.75) is 70.1 Å². The van der Waals surface area contributed by atoms with Gasteiger partial charge in [0.25, 0.3) is 0 Å². The van der Waals surface area contributed by atoms with Crippen LogP contribution in [-0.2, 0) is 14.4 Å². The molecule has 1 aromatic rings. The summed E-state index contributed by atoms with van der Waals surface area (Å²) in [6.45, 7) is 6.73. The first kappa shape index (κ1) is 21.3. The molecule has 3 rings (SSSR count). The molecule has 2 aliphatic heterocycles. The molecule has 3 amide bonds. The van der Waals surface area contributed by atoms with Crippen LogP contribution in [0.2, 0.25) is 0 Å². The van der Waals surface area contributed by atoms with E-state index in [-0.39, 0.29) is 29.8 Å². The summed E-state index contributed by atoms with van der Waals surface area (Å²) in [5.41, 5.74) is -0.0807. The van der Waals surface area contributed by atoms with Gasteiger partial charge in [-0.05, 0) is 58.6 Å². The van der Waals surface area contributed by atoms with Crippen molar-refractivity contribution >= 4 is 17.7 Å². The topological polar surface area (TPSA) is 90.5 Å². The molecule has 0 bridgehead atoms. The van der Waals surface area contributed by atoms with Crippen LogP contribution >= 0.6 is 0 Å². The molecule has 0 aliphatic carbocycles. The number of likely N-dealkylation sites (tertiary alicyclic amines) is 1. The van der Waals surface area contributed by atoms with Crippen molar-refractivity contribution in [1.29, 1.82) is 0 Å². The molecule has 1 aromatic carbocycles. The van der Waals surface area contributed by atoms with Crippen molar-refractivity contribution in [3.05, 3.63) is 35.9 Å². The predicted molar refractivity (Wildman–Crippen MR) is 111 cm³/mol. The van der Waals surface area contributed by atoms with Crippen LogP contribution in [0.4, 0.5) is 0 Å². The normalized spacial score (nSPS) is 22.9. The van der Waals surface area contributed by atoms with E-state index in [0.717, 1.165) is 31.4 Å². The van der Waals surface area contributed by atoms with Crippen molar-refractivity contribution in [2.75, 3.05) is 13.1 Å². The summed E-state index contributed by atoms with van der Waals surface area (Å²) < 4.78 is 0. The Morgan fingerprint density at radius 1 is 1.14 bits per heavy atom. The molecule has 0 saturated carbocycles. The Kier molecular flexibility index (Phi) is 6.57. The summed E-state index contributed by atoms with van der Waals surface area (Å²) >= 11 is 0. The molecule has 158 valence electrons. The summed E-state index contributed by atoms with van der Waals surface area (Å²) in [7, 11) is 0. The number of nitrogens with one attached hydrogen (secondary N) is 3. The third-order valence-electron chi connectivity index (χ3n) is 5.85. The molecule has 2 aliphatic rings. The fourth-order valence-corrected chi connectivity index (χ4v) is 4.05. The van der Waals surface area contributed by atoms with Crippen LogP contribution in [0.3, 0.4) is 0 Å². The SMILES string of the molecule is C[C@H](NC(=O)C(C)(C)NC(=O)[C@@H]1CCCN1C(=O)[C@H]1CCCN1)c1ccccc1. The average Bonchev–Trinajstić information content (AvgIpc) is 3.39. The van der Waals surface area contributed by atoms with Gasteiger partial charge in [-0.25, -0.2) is 0 Å². The predicted octanol–water partition coefficient (Wildman–Crippen LogP) is 1.50. The van der Waals surface area contributed by atoms with Crippen molar-refractivity contribution in [3.8, 4) is 0 Å². The van der Waals surface area contributed by atoms with Crippen molar-refractivity contribution in [1.82, 2.24) is 20.9 Å². The Bertz CT molecular complexity index is 744. The Morgan fingerprint density at radius 3 is 2.52 bits per heavy atom. The zero-order valence-electron chi connectivity index (χ0n) is 17.5. The number of hydrogen-bond donors (Lipinski definition) is 3. The van der Waals surface area contributed by atoms with E-state index in [1.165, 1.54) is 0 Å². The van der Waals surface area contributed by atoms with Gasteiger partial charge < -0.3 is 20.9 Å². The molecule has 0 radical (unpaired) electrons. The van der Waals surface area contributed by atoms with E-state index < -0.39 is 11.6 Å². The van der Waals surface area contributed by atoms with Gasteiger partial charge >= 0.3 is 0 Å². The Labute approximate surface area is 172 Å². The van der Waals surface area contributed by atoms with Gasteiger partial charge in [0.15, 0.2) is 0 Å². The summed E-state index contributed by atoms with van der Waals surface area (Å²) in [6.07, 6.45) is 3.22. The minimum atomic E-state index is -1.08. The molecule has 3 atom stereocenters. The van der Waals surface area contributed by atoms with Crippen LogP contribution in [0.25, 0.3) is 0 Å². The second-order valence-corrected chi connectivity index (χ2v) is 8.56. The van der Waals surface area contributed by atoms with E-state index in [1.54, 1.807) is 18.7 Å². The first-order valence-electron chi connectivity index (χ1n) is 10.5. The van der Waals surface area contributed by atoms with Gasteiger partial charge in [0.05, 0.1) is 12.1 Å². The lowest BCUT2D eigenvalue weighted by atomic mass is 10.0. The number of rotatable bonds is 6. The highest BCUT2D eigenvalue weighted by Crippen LogP contribution is 2.22. The standard InChI is InChI=1S/C22H32N4O3/c1-15(16-9-5-4-6-10-16)24-21(29)22(2,3)25-19(27)18-12-8-14-26(18)20(28)17-11-7-13-23-17/h4-6,9-10,15,17-18,23H,7-8,11-14H2,1-3H3,(H,24,29)(H,25,27)/t15-,17+,18-/m0/s1. The first-order chi connectivity index (χ1) is 13.8. The lowest BCUT2D eigenvalue weighted by molar-refractivity contribution is -0.141. The molecule has 0 spiro atoms. The van der Waals surface area contributed by atoms with E-state index in [2.05, 4.69) is 16.0 Å². The van der Waals surface area contributed by atoms with Crippen LogP contribution < -0.4 is 16.0 Å². The van der Waals surface area contributed by atoms with Gasteiger partial charge in [-0.1, -0.05) is 30.3 Å². The van der Waals surface area contributed by atoms with Gasteiger partial charge in [0, 0.05) is 6.54 Å². The molecule has 0 unspecified atom stereocenters. The van der Waals surface area contributed by atoms with E-state index >= 15 is 0 Å². The minimum Gasteiger partial charge on any atom is -0.348 e. The molecule has 7 nitrogen and oxygen atoms in total. The summed E-state index contributed by atoms with van der Waals surface area (Å²) in [4.78, 5) is 40.2. The van der Waals surface area contributed by atoms with Crippen LogP contribution in [0.1, 0.15) is 58.1 Å². The van der Waals surface area contributed by atoms with Gasteiger partial charge in [-0.2, -0.15) is 0 Å². The smallest absolute Gasteiger partial charge is 0.245 e. The lowest BCUT2D eigenvalue weighted by Gasteiger charge is -2.31. The third kappa shape index (κ3) is 4.96. The maximum absolute atomic E-state index is 12.9. The molecule has 0 aromatic heterocycles. The van der Waals surface area contributed by atoms with Crippen molar-refractivity contribution in [3.63, 3.8) is 0 Å². The maximum Gasteiger partial charge on any atom is 0.245 e. The number of amides is 3. The summed E-state index contributed by atoms with van der Waals surface area (Å²) in [6, 6.07) is 8.82. The Hall–Kier alpha value is -2.41. The zero-order valence-corrected chi connectivity index (χ0v) is 17.5. The van der Waals surface area contributed by atoms with E-state index in [1.807, 2.05) is 37.3 Å². The summed E-state index contributed by atoms with van der Waals surface area (Å²) in [5.74, 6) is -0.517. The number of benzene rings is 1. The molecule has 3 N–H and O–H groups in total. The van der Waals surface area contributed by atoms with Crippen molar-refractivity contribution < 1.29 is 14.4 Å². The van der Waals surface area contributed by atoms with E-state index in [9.17, 15) is 14.4 Å². The molecular weight excluding hydrogens is 368 g/mol. The highest BCUT2D eigenvalue weighted by Gasteiger charge is 2.40. The van der Waals surface area contributed by atoms with Crippen LogP contribution in [-0.4, -0.2) is 53.3 Å². The van der Waals surface area contributed by atoms with Crippen LogP contribution in [0.15, 0.2) is 30.3 Å². The molecule has 29 heavy (non-hydrogen) atoms. The van der Waals surface area contributed by atoms with E-state index in [4.69, 9.17) is 0 Å². The Balaban J connectivity index is 1.60. The largest absolute Gasteiger partial charge is 0.348 e. The molecule has 7 heteroatoms. The number of carbonyl (C=O) groups is 3. The third-order valence-corrected chi connectivity index (χ3v) is 5.85. The zero-order chi connectivity index (χ0) is 21.0. The fraction of sp³-hybridized carbons (Fsp3) is 0.591. The fourth-order valence-electron chi connectivity index (χ4n) is 4.05. The van der Waals surface area contributed by atoms with Gasteiger partial charge in [-0.3, -0.25) is 14.4 Å². The monoisotopic (exact) mass is 400 g/mol. The van der Waals surface area contributed by atoms with Crippen LogP contribution in [0.5, 0.6) is 0 Å². The molecular formula is C22H32N4O3. The summed E-state index contributed by atoms with van der Waals surface area (Å²) in [5, 5.41) is 9.04. The van der Waals surface area contributed by atoms with Gasteiger partial charge in [0.1, 0.15) is 11.6 Å². The number of carbonyl (C=O) groups excluding carboxylic acids is 3. The molecule has 2 fully saturated rings. The average molecular weight is 401 g/mol.